The van der Waals surface area contributed by atoms with Gasteiger partial charge in [-0.1, -0.05) is 52.2 Å². The van der Waals surface area contributed by atoms with E-state index in [9.17, 15) is 0 Å². The third kappa shape index (κ3) is 2.35. The number of benzene rings is 1. The number of fused-ring (bicyclic) bond motifs is 2. The zero-order chi connectivity index (χ0) is 13.1. The van der Waals surface area contributed by atoms with Gasteiger partial charge in [-0.3, -0.25) is 0 Å². The zero-order valence-electron chi connectivity index (χ0n) is 13.3. The second kappa shape index (κ2) is 4.54. The van der Waals surface area contributed by atoms with Crippen molar-refractivity contribution in [2.24, 2.45) is 0 Å². The predicted octanol–water partition coefficient (Wildman–Crippen LogP) is 1.69. The van der Waals surface area contributed by atoms with E-state index < -0.39 is 0 Å². The standard InChI is InChI=1S/C18H23.Li/c1-12-8-13-10-15-16(11-14(13)9-12)18(4,5)7-6-17(15,2)3;/h10-11H,6-8H2,1-5H3;/q-1;+1. The van der Waals surface area contributed by atoms with Crippen LogP contribution in [0.1, 0.15) is 69.7 Å². The largest absolute Gasteiger partial charge is 1.00 e. The van der Waals surface area contributed by atoms with Gasteiger partial charge in [-0.2, -0.15) is 17.7 Å². The molecule has 0 aliphatic heterocycles. The van der Waals surface area contributed by atoms with Crippen molar-refractivity contribution < 1.29 is 18.9 Å². The molecular formula is C18H23Li. The van der Waals surface area contributed by atoms with Crippen LogP contribution in [0.25, 0.3) is 0 Å². The summed E-state index contributed by atoms with van der Waals surface area (Å²) in [4.78, 5) is 0. The molecule has 0 aromatic heterocycles. The fourth-order valence-electron chi connectivity index (χ4n) is 3.48. The molecule has 1 aromatic rings. The summed E-state index contributed by atoms with van der Waals surface area (Å²) in [5, 5.41) is 0. The van der Waals surface area contributed by atoms with Crippen LogP contribution in [0.3, 0.4) is 0 Å². The Morgan fingerprint density at radius 1 is 0.947 bits per heavy atom. The van der Waals surface area contributed by atoms with Gasteiger partial charge in [0, 0.05) is 0 Å². The van der Waals surface area contributed by atoms with Gasteiger partial charge in [-0.05, 0) is 23.7 Å². The van der Waals surface area contributed by atoms with Gasteiger partial charge in [0.2, 0.25) is 0 Å². The molecule has 0 fully saturated rings. The SMILES string of the molecule is CC1=[C-]c2cc3c(cc2C1)C(C)(C)CCC3(C)C.[Li+]. The predicted molar refractivity (Wildman–Crippen MR) is 77.0 cm³/mol. The Kier molecular flexibility index (Phi) is 3.57. The quantitative estimate of drug-likeness (QED) is 0.483. The first kappa shape index (κ1) is 15.0. The molecule has 19 heavy (non-hydrogen) atoms. The van der Waals surface area contributed by atoms with Crippen LogP contribution in [0.5, 0.6) is 0 Å². The molecule has 0 heterocycles. The minimum atomic E-state index is 0. The summed E-state index contributed by atoms with van der Waals surface area (Å²) in [7, 11) is 0. The first-order valence-electron chi connectivity index (χ1n) is 7.07. The Morgan fingerprint density at radius 3 is 2.05 bits per heavy atom. The van der Waals surface area contributed by atoms with E-state index in [2.05, 4.69) is 52.8 Å². The van der Waals surface area contributed by atoms with E-state index in [1.54, 1.807) is 11.1 Å². The molecule has 1 aromatic carbocycles. The topological polar surface area (TPSA) is 0 Å². The van der Waals surface area contributed by atoms with Gasteiger partial charge in [0.25, 0.3) is 0 Å². The molecule has 0 amide bonds. The normalized spacial score (nSPS) is 22.1. The molecule has 0 spiro atoms. The monoisotopic (exact) mass is 246 g/mol. The van der Waals surface area contributed by atoms with Gasteiger partial charge in [0.05, 0.1) is 0 Å². The first-order chi connectivity index (χ1) is 8.29. The Morgan fingerprint density at radius 2 is 1.47 bits per heavy atom. The third-order valence-corrected chi connectivity index (χ3v) is 4.88. The fourth-order valence-corrected chi connectivity index (χ4v) is 3.48. The van der Waals surface area contributed by atoms with Gasteiger partial charge in [-0.15, -0.1) is 17.2 Å². The van der Waals surface area contributed by atoms with Crippen molar-refractivity contribution in [1.29, 1.82) is 0 Å². The van der Waals surface area contributed by atoms with E-state index in [-0.39, 0.29) is 18.9 Å². The molecule has 0 N–H and O–H groups in total. The molecule has 2 aliphatic carbocycles. The average Bonchev–Trinajstić information content (AvgIpc) is 2.62. The second-order valence-corrected chi connectivity index (χ2v) is 7.40. The van der Waals surface area contributed by atoms with Crippen LogP contribution >= 0.6 is 0 Å². The third-order valence-electron chi connectivity index (χ3n) is 4.88. The maximum Gasteiger partial charge on any atom is 1.00 e. The molecular weight excluding hydrogens is 223 g/mol. The van der Waals surface area contributed by atoms with Crippen molar-refractivity contribution in [2.45, 2.75) is 64.7 Å². The summed E-state index contributed by atoms with van der Waals surface area (Å²) in [6.45, 7) is 11.8. The van der Waals surface area contributed by atoms with Crippen molar-refractivity contribution in [3.63, 3.8) is 0 Å². The van der Waals surface area contributed by atoms with Crippen LogP contribution in [-0.2, 0) is 17.3 Å². The van der Waals surface area contributed by atoms with Gasteiger partial charge in [0.1, 0.15) is 0 Å². The molecule has 3 rings (SSSR count). The molecule has 2 aliphatic rings. The van der Waals surface area contributed by atoms with E-state index >= 15 is 0 Å². The van der Waals surface area contributed by atoms with Crippen LogP contribution in [-0.4, -0.2) is 0 Å². The van der Waals surface area contributed by atoms with Gasteiger partial charge in [0.15, 0.2) is 0 Å². The van der Waals surface area contributed by atoms with E-state index in [0.717, 1.165) is 6.42 Å². The van der Waals surface area contributed by atoms with E-state index in [4.69, 9.17) is 0 Å². The maximum atomic E-state index is 3.53. The minimum Gasteiger partial charge on any atom is -0.189 e. The molecule has 0 atom stereocenters. The van der Waals surface area contributed by atoms with Crippen LogP contribution in [0.4, 0.5) is 0 Å². The first-order valence-corrected chi connectivity index (χ1v) is 7.07. The van der Waals surface area contributed by atoms with Crippen molar-refractivity contribution >= 4 is 0 Å². The molecule has 0 unspecified atom stereocenters. The van der Waals surface area contributed by atoms with Crippen molar-refractivity contribution in [3.8, 4) is 0 Å². The van der Waals surface area contributed by atoms with Crippen molar-refractivity contribution in [1.82, 2.24) is 0 Å². The van der Waals surface area contributed by atoms with E-state index in [0.29, 0.717) is 10.8 Å². The van der Waals surface area contributed by atoms with Crippen molar-refractivity contribution in [3.05, 3.63) is 46.0 Å². The smallest absolute Gasteiger partial charge is 0.189 e. The maximum absolute atomic E-state index is 3.53. The number of allylic oxidation sites excluding steroid dienone is 1. The molecule has 0 saturated carbocycles. The molecule has 0 bridgehead atoms. The molecule has 0 nitrogen and oxygen atoms in total. The Labute approximate surface area is 129 Å². The fraction of sp³-hybridized carbons (Fsp3) is 0.556. The van der Waals surface area contributed by atoms with Gasteiger partial charge < -0.3 is 0 Å². The minimum absolute atomic E-state index is 0. The van der Waals surface area contributed by atoms with Crippen LogP contribution in [0, 0.1) is 6.08 Å². The number of hydrogen-bond donors (Lipinski definition) is 0. The summed E-state index contributed by atoms with van der Waals surface area (Å²) < 4.78 is 0. The summed E-state index contributed by atoms with van der Waals surface area (Å²) in [6, 6.07) is 4.89. The number of hydrogen-bond acceptors (Lipinski definition) is 0. The van der Waals surface area contributed by atoms with Gasteiger partial charge >= 0.3 is 18.9 Å². The average molecular weight is 246 g/mol. The Balaban J connectivity index is 0.00000133. The Hall–Kier alpha value is -0.443. The van der Waals surface area contributed by atoms with E-state index in [1.165, 1.54) is 29.5 Å². The Bertz CT molecular complexity index is 547. The van der Waals surface area contributed by atoms with Gasteiger partial charge in [-0.25, -0.2) is 0 Å². The van der Waals surface area contributed by atoms with E-state index in [1.807, 2.05) is 0 Å². The molecule has 0 radical (unpaired) electrons. The van der Waals surface area contributed by atoms with Crippen LogP contribution in [0.15, 0.2) is 17.7 Å². The molecule has 96 valence electrons. The molecule has 1 heteroatoms. The van der Waals surface area contributed by atoms with Crippen LogP contribution in [0.2, 0.25) is 0 Å². The second-order valence-electron chi connectivity index (χ2n) is 7.40. The summed E-state index contributed by atoms with van der Waals surface area (Å²) in [6.07, 6.45) is 7.21. The zero-order valence-corrected chi connectivity index (χ0v) is 13.3. The number of rotatable bonds is 0. The van der Waals surface area contributed by atoms with Crippen LogP contribution < -0.4 is 18.9 Å². The molecule has 0 saturated heterocycles. The van der Waals surface area contributed by atoms with Crippen molar-refractivity contribution in [2.75, 3.05) is 0 Å². The summed E-state index contributed by atoms with van der Waals surface area (Å²) >= 11 is 0. The summed E-state index contributed by atoms with van der Waals surface area (Å²) in [5.74, 6) is 0. The summed E-state index contributed by atoms with van der Waals surface area (Å²) in [5.41, 5.74) is 7.99.